The maximum Gasteiger partial charge on any atom is 0.347 e. The van der Waals surface area contributed by atoms with E-state index in [0.29, 0.717) is 25.3 Å². The molecule has 2 aromatic rings. The monoisotopic (exact) mass is 502 g/mol. The van der Waals surface area contributed by atoms with E-state index in [1.165, 1.54) is 38.3 Å². The lowest BCUT2D eigenvalue weighted by molar-refractivity contribution is -0.156. The van der Waals surface area contributed by atoms with Crippen LogP contribution in [0, 0.1) is 11.3 Å². The third-order valence-corrected chi connectivity index (χ3v) is 9.62. The van der Waals surface area contributed by atoms with Crippen LogP contribution in [0.15, 0.2) is 59.5 Å². The summed E-state index contributed by atoms with van der Waals surface area (Å²) in [7, 11) is -2.93. The number of nitrogens with zero attached hydrogens (tertiary/aromatic N) is 1. The molecule has 1 fully saturated rings. The number of likely N-dealkylation sites (tertiary alicyclic amines) is 1. The van der Waals surface area contributed by atoms with Crippen molar-refractivity contribution in [1.29, 1.82) is 0 Å². The van der Waals surface area contributed by atoms with Crippen LogP contribution >= 0.6 is 0 Å². The number of amides is 1. The number of carbonyl (C=O) groups is 2. The van der Waals surface area contributed by atoms with E-state index in [2.05, 4.69) is 4.84 Å². The van der Waals surface area contributed by atoms with E-state index in [1.54, 1.807) is 4.90 Å². The van der Waals surface area contributed by atoms with Gasteiger partial charge in [-0.1, -0.05) is 44.2 Å². The van der Waals surface area contributed by atoms with E-state index in [4.69, 9.17) is 10.6 Å². The van der Waals surface area contributed by atoms with Gasteiger partial charge >= 0.3 is 5.97 Å². The first-order valence-electron chi connectivity index (χ1n) is 11.7. The summed E-state index contributed by atoms with van der Waals surface area (Å²) in [6.45, 7) is 5.83. The van der Waals surface area contributed by atoms with Crippen molar-refractivity contribution in [2.45, 2.75) is 49.7 Å². The summed E-state index contributed by atoms with van der Waals surface area (Å²) in [5, 5.41) is 0. The number of rotatable bonds is 10. The van der Waals surface area contributed by atoms with Crippen molar-refractivity contribution in [3.8, 4) is 5.75 Å². The number of hydrogen-bond acceptors (Lipinski definition) is 7. The predicted octanol–water partition coefficient (Wildman–Crippen LogP) is 3.15. The third kappa shape index (κ3) is 4.67. The molecule has 2 unspecified atom stereocenters. The molecule has 2 N–H and O–H groups in total. The van der Waals surface area contributed by atoms with Gasteiger partial charge in [0.25, 0.3) is 0 Å². The summed E-state index contributed by atoms with van der Waals surface area (Å²) >= 11 is 0. The molecule has 1 saturated heterocycles. The predicted molar refractivity (Wildman–Crippen MR) is 132 cm³/mol. The Balaban J connectivity index is 2.08. The molecular formula is C26H34N2O6S. The van der Waals surface area contributed by atoms with Crippen LogP contribution in [-0.2, 0) is 30.7 Å². The first kappa shape index (κ1) is 26.7. The highest BCUT2D eigenvalue weighted by Gasteiger charge is 2.69. The van der Waals surface area contributed by atoms with E-state index in [9.17, 15) is 18.0 Å². The molecule has 1 amide bonds. The fourth-order valence-corrected chi connectivity index (χ4v) is 7.17. The van der Waals surface area contributed by atoms with Crippen molar-refractivity contribution in [3.63, 3.8) is 0 Å². The Bertz CT molecular complexity index is 1150. The van der Waals surface area contributed by atoms with Crippen LogP contribution in [0.4, 0.5) is 0 Å². The molecule has 1 aliphatic heterocycles. The Morgan fingerprint density at radius 1 is 1.14 bits per heavy atom. The lowest BCUT2D eigenvalue weighted by Gasteiger charge is -2.42. The number of ether oxygens (including phenoxy) is 1. The van der Waals surface area contributed by atoms with Crippen molar-refractivity contribution < 1.29 is 27.6 Å². The van der Waals surface area contributed by atoms with Gasteiger partial charge in [0.15, 0.2) is 14.6 Å². The van der Waals surface area contributed by atoms with E-state index in [0.717, 1.165) is 5.56 Å². The van der Waals surface area contributed by atoms with Crippen LogP contribution in [0.5, 0.6) is 5.75 Å². The number of benzene rings is 2. The molecular weight excluding hydrogens is 468 g/mol. The maximum absolute atomic E-state index is 14.1. The van der Waals surface area contributed by atoms with E-state index in [1.807, 2.05) is 44.2 Å². The van der Waals surface area contributed by atoms with E-state index >= 15 is 0 Å². The third-order valence-electron chi connectivity index (χ3n) is 7.09. The largest absolute Gasteiger partial charge is 0.497 e. The van der Waals surface area contributed by atoms with Gasteiger partial charge in [0.05, 0.1) is 17.4 Å². The van der Waals surface area contributed by atoms with Gasteiger partial charge in [-0.15, -0.1) is 0 Å². The Morgan fingerprint density at radius 3 is 2.31 bits per heavy atom. The lowest BCUT2D eigenvalue weighted by Crippen LogP contribution is -2.62. The molecule has 0 saturated carbocycles. The number of hydrogen-bond donors (Lipinski definition) is 1. The van der Waals surface area contributed by atoms with Crippen LogP contribution in [0.3, 0.4) is 0 Å². The Morgan fingerprint density at radius 2 is 1.77 bits per heavy atom. The summed E-state index contributed by atoms with van der Waals surface area (Å²) in [6.07, 6.45) is 1.00. The van der Waals surface area contributed by atoms with Crippen LogP contribution in [0.2, 0.25) is 0 Å². The molecule has 2 aromatic carbocycles. The van der Waals surface area contributed by atoms with Gasteiger partial charge in [0.1, 0.15) is 5.75 Å². The molecule has 8 nitrogen and oxygen atoms in total. The molecule has 9 heteroatoms. The second-order valence-corrected chi connectivity index (χ2v) is 11.9. The van der Waals surface area contributed by atoms with Crippen LogP contribution in [-0.4, -0.2) is 50.1 Å². The molecule has 0 radical (unpaired) electrons. The minimum absolute atomic E-state index is 0.0657. The minimum atomic E-state index is -4.41. The Hall–Kier alpha value is -2.91. The Kier molecular flexibility index (Phi) is 7.91. The zero-order valence-electron chi connectivity index (χ0n) is 20.7. The van der Waals surface area contributed by atoms with Gasteiger partial charge in [-0.05, 0) is 61.9 Å². The fourth-order valence-electron chi connectivity index (χ4n) is 5.15. The lowest BCUT2D eigenvalue weighted by atomic mass is 9.69. The van der Waals surface area contributed by atoms with Gasteiger partial charge in [-0.3, -0.25) is 4.79 Å². The number of sulfone groups is 1. The van der Waals surface area contributed by atoms with Gasteiger partial charge in [0.2, 0.25) is 5.91 Å². The van der Waals surface area contributed by atoms with Crippen molar-refractivity contribution in [2.75, 3.05) is 20.2 Å². The summed E-state index contributed by atoms with van der Waals surface area (Å²) < 4.78 is 31.1. The van der Waals surface area contributed by atoms with Crippen LogP contribution in [0.25, 0.3) is 0 Å². The average Bonchev–Trinajstić information content (AvgIpc) is 3.17. The first-order chi connectivity index (χ1) is 16.5. The zero-order chi connectivity index (χ0) is 25.9. The summed E-state index contributed by atoms with van der Waals surface area (Å²) in [6, 6.07) is 15.5. The molecule has 0 aromatic heterocycles. The molecule has 0 spiro atoms. The summed E-state index contributed by atoms with van der Waals surface area (Å²) in [5.41, 5.74) is -0.468. The fraction of sp³-hybridized carbons (Fsp3) is 0.462. The number of carbonyl (C=O) groups excluding carboxylic acids is 2. The van der Waals surface area contributed by atoms with Crippen LogP contribution in [0.1, 0.15) is 39.2 Å². The van der Waals surface area contributed by atoms with Crippen molar-refractivity contribution >= 4 is 21.7 Å². The van der Waals surface area contributed by atoms with Crippen LogP contribution < -0.4 is 10.6 Å². The van der Waals surface area contributed by atoms with Gasteiger partial charge < -0.3 is 14.5 Å². The van der Waals surface area contributed by atoms with E-state index in [-0.39, 0.29) is 29.6 Å². The van der Waals surface area contributed by atoms with Crippen molar-refractivity contribution in [3.05, 3.63) is 60.2 Å². The minimum Gasteiger partial charge on any atom is -0.497 e. The molecule has 190 valence electrons. The van der Waals surface area contributed by atoms with Gasteiger partial charge in [-0.2, -0.15) is 5.90 Å². The normalized spacial score (nSPS) is 20.1. The first-order valence-corrected chi connectivity index (χ1v) is 13.1. The zero-order valence-corrected chi connectivity index (χ0v) is 21.5. The molecule has 1 heterocycles. The summed E-state index contributed by atoms with van der Waals surface area (Å²) in [4.78, 5) is 33.4. The average molecular weight is 503 g/mol. The smallest absolute Gasteiger partial charge is 0.347 e. The molecule has 2 atom stereocenters. The molecule has 3 rings (SSSR count). The topological polar surface area (TPSA) is 116 Å². The molecule has 0 bridgehead atoms. The standard InChI is InChI=1S/C26H34N2O6S/c1-19(2)18-26(15-17-28(23(26)29)16-14-20-8-6-5-7-9-20)25(3,24(30)34-27)35(31,32)22-12-10-21(33-4)11-13-22/h5-13,19H,14-18,27H2,1-4H3. The number of methoxy groups -OCH3 is 1. The SMILES string of the molecule is COc1ccc(S(=O)(=O)C(C)(C(=O)ON)C2(CC(C)C)CCN(CCc3ccccc3)C2=O)cc1. The van der Waals surface area contributed by atoms with Gasteiger partial charge in [0, 0.05) is 13.1 Å². The molecule has 35 heavy (non-hydrogen) atoms. The highest BCUT2D eigenvalue weighted by Crippen LogP contribution is 2.52. The highest BCUT2D eigenvalue weighted by atomic mass is 32.2. The quantitative estimate of drug-likeness (QED) is 0.496. The second kappa shape index (κ2) is 10.4. The Labute approximate surface area is 207 Å². The summed E-state index contributed by atoms with van der Waals surface area (Å²) in [5.74, 6) is 4.18. The molecule has 0 aliphatic carbocycles. The van der Waals surface area contributed by atoms with Crippen molar-refractivity contribution in [2.24, 2.45) is 17.2 Å². The van der Waals surface area contributed by atoms with Crippen molar-refractivity contribution in [1.82, 2.24) is 4.90 Å². The van der Waals surface area contributed by atoms with E-state index < -0.39 is 26.0 Å². The number of nitrogens with two attached hydrogens (primary N) is 1. The maximum atomic E-state index is 14.1. The molecule has 1 aliphatic rings. The highest BCUT2D eigenvalue weighted by molar-refractivity contribution is 7.93. The van der Waals surface area contributed by atoms with Gasteiger partial charge in [-0.25, -0.2) is 13.2 Å². The second-order valence-electron chi connectivity index (χ2n) is 9.58.